The minimum atomic E-state index is -1.13. The number of carbonyl (C=O) groups is 5. The van der Waals surface area contributed by atoms with E-state index in [0.717, 1.165) is 21.4 Å². The highest BCUT2D eigenvalue weighted by atomic mass is 35.5. The molecule has 3 aromatic carbocycles. The summed E-state index contributed by atoms with van der Waals surface area (Å²) in [5.74, 6) is -2.94. The van der Waals surface area contributed by atoms with E-state index >= 15 is 4.39 Å². The Hall–Kier alpha value is -3.93. The van der Waals surface area contributed by atoms with Crippen LogP contribution in [0.3, 0.4) is 0 Å². The zero-order valence-corrected chi connectivity index (χ0v) is 25.5. The first-order valence-corrected chi connectivity index (χ1v) is 15.6. The van der Waals surface area contributed by atoms with E-state index < -0.39 is 35.5 Å². The van der Waals surface area contributed by atoms with Crippen molar-refractivity contribution >= 4 is 70.2 Å². The molecule has 2 saturated heterocycles. The number of hydrogen-bond donors (Lipinski definition) is 1. The Labute approximate surface area is 266 Å². The highest BCUT2D eigenvalue weighted by molar-refractivity contribution is 7.98. The number of piperidine rings is 1. The van der Waals surface area contributed by atoms with Crippen LogP contribution in [0.4, 0.5) is 10.1 Å². The zero-order valence-electron chi connectivity index (χ0n) is 23.1. The number of amides is 5. The van der Waals surface area contributed by atoms with Gasteiger partial charge in [0.05, 0.1) is 26.9 Å². The number of hydrogen-bond acceptors (Lipinski definition) is 7. The number of benzene rings is 3. The maximum absolute atomic E-state index is 15.3. The highest BCUT2D eigenvalue weighted by Crippen LogP contribution is 2.36. The Morgan fingerprint density at radius 1 is 0.909 bits per heavy atom. The van der Waals surface area contributed by atoms with Gasteiger partial charge in [-0.05, 0) is 48.4 Å². The number of anilines is 1. The lowest BCUT2D eigenvalue weighted by Crippen LogP contribution is -2.54. The second-order valence-electron chi connectivity index (χ2n) is 10.6. The largest absolute Gasteiger partial charge is 0.366 e. The van der Waals surface area contributed by atoms with Crippen molar-refractivity contribution in [3.63, 3.8) is 0 Å². The number of fused-ring (bicyclic) bond motifs is 1. The van der Waals surface area contributed by atoms with Gasteiger partial charge in [0.15, 0.2) is 0 Å². The lowest BCUT2D eigenvalue weighted by Gasteiger charge is -2.36. The summed E-state index contributed by atoms with van der Waals surface area (Å²) < 4.78 is 15.3. The van der Waals surface area contributed by atoms with Gasteiger partial charge in [0.2, 0.25) is 11.8 Å². The van der Waals surface area contributed by atoms with Crippen LogP contribution in [0.25, 0.3) is 0 Å². The van der Waals surface area contributed by atoms with Gasteiger partial charge in [0.1, 0.15) is 11.9 Å². The molecule has 9 nitrogen and oxygen atoms in total. The summed E-state index contributed by atoms with van der Waals surface area (Å²) in [5.41, 5.74) is 1.48. The standard InChI is InChI=1S/C31H25Cl2FN4O5S/c32-21-5-2-6-22(33)27(21)44-16-17-3-1-4-18(13-17)29(41)37-11-9-36(10-12-37)25-15-20-19(14-23(25)34)30(42)38(31(20)43)24-7-8-26(39)35-28(24)40/h1-6,13-15,24H,7-12,16H2,(H,35,39,40). The molecule has 3 heterocycles. The third-order valence-corrected chi connectivity index (χ3v) is 9.95. The minimum Gasteiger partial charge on any atom is -0.366 e. The van der Waals surface area contributed by atoms with E-state index in [4.69, 9.17) is 23.2 Å². The van der Waals surface area contributed by atoms with Crippen molar-refractivity contribution in [3.8, 4) is 0 Å². The second-order valence-corrected chi connectivity index (χ2v) is 12.4. The van der Waals surface area contributed by atoms with Gasteiger partial charge in [-0.25, -0.2) is 4.39 Å². The topological polar surface area (TPSA) is 107 Å². The SMILES string of the molecule is O=C1CCC(N2C(=O)c3cc(F)c(N4CCN(C(=O)c5cccc(CSc6c(Cl)cccc6Cl)c5)CC4)cc3C2=O)C(=O)N1. The van der Waals surface area contributed by atoms with E-state index in [1.54, 1.807) is 34.1 Å². The number of halogens is 3. The predicted octanol–water partition coefficient (Wildman–Crippen LogP) is 4.79. The molecule has 0 radical (unpaired) electrons. The third kappa shape index (κ3) is 5.67. The Kier molecular flexibility index (Phi) is 8.36. The van der Waals surface area contributed by atoms with Crippen LogP contribution >= 0.6 is 35.0 Å². The average Bonchev–Trinajstić information content (AvgIpc) is 3.24. The fraction of sp³-hybridized carbons (Fsp3) is 0.258. The summed E-state index contributed by atoms with van der Waals surface area (Å²) in [6.07, 6.45) is 0.00600. The van der Waals surface area contributed by atoms with E-state index in [1.807, 2.05) is 18.2 Å². The van der Waals surface area contributed by atoms with Crippen LogP contribution in [0, 0.1) is 5.82 Å². The molecule has 0 bridgehead atoms. The molecular weight excluding hydrogens is 630 g/mol. The number of carbonyl (C=O) groups excluding carboxylic acids is 5. The number of nitrogens with zero attached hydrogens (tertiary/aromatic N) is 3. The zero-order chi connectivity index (χ0) is 31.1. The molecule has 0 aliphatic carbocycles. The fourth-order valence-electron chi connectivity index (χ4n) is 5.62. The smallest absolute Gasteiger partial charge is 0.262 e. The number of nitrogens with one attached hydrogen (secondary N) is 1. The normalized spacial score (nSPS) is 18.5. The van der Waals surface area contributed by atoms with Crippen molar-refractivity contribution in [2.24, 2.45) is 0 Å². The summed E-state index contributed by atoms with van der Waals surface area (Å²) in [5, 5.41) is 3.27. The van der Waals surface area contributed by atoms with Crippen LogP contribution in [0.2, 0.25) is 10.0 Å². The van der Waals surface area contributed by atoms with E-state index in [0.29, 0.717) is 47.5 Å². The second kappa shape index (κ2) is 12.2. The van der Waals surface area contributed by atoms with Crippen molar-refractivity contribution in [1.82, 2.24) is 15.1 Å². The van der Waals surface area contributed by atoms with Crippen LogP contribution in [0.1, 0.15) is 49.5 Å². The minimum absolute atomic E-state index is 0.00219. The molecule has 6 rings (SSSR count). The predicted molar refractivity (Wildman–Crippen MR) is 164 cm³/mol. The first-order chi connectivity index (χ1) is 21.1. The van der Waals surface area contributed by atoms with E-state index in [-0.39, 0.29) is 35.6 Å². The maximum atomic E-state index is 15.3. The van der Waals surface area contributed by atoms with Gasteiger partial charge in [0, 0.05) is 48.8 Å². The van der Waals surface area contributed by atoms with Crippen molar-refractivity contribution in [3.05, 3.63) is 92.7 Å². The molecule has 0 aromatic heterocycles. The van der Waals surface area contributed by atoms with Crippen molar-refractivity contribution < 1.29 is 28.4 Å². The molecule has 3 aliphatic heterocycles. The lowest BCUT2D eigenvalue weighted by atomic mass is 10.0. The number of imide groups is 2. The van der Waals surface area contributed by atoms with Crippen LogP contribution in [0.5, 0.6) is 0 Å². The van der Waals surface area contributed by atoms with Gasteiger partial charge < -0.3 is 9.80 Å². The molecule has 1 N–H and O–H groups in total. The first-order valence-electron chi connectivity index (χ1n) is 13.9. The van der Waals surface area contributed by atoms with Gasteiger partial charge in [-0.2, -0.15) is 0 Å². The molecule has 5 amide bonds. The van der Waals surface area contributed by atoms with Crippen LogP contribution in [0.15, 0.2) is 59.5 Å². The fourth-order valence-corrected chi connectivity index (χ4v) is 7.25. The van der Waals surface area contributed by atoms with Crippen molar-refractivity contribution in [1.29, 1.82) is 0 Å². The lowest BCUT2D eigenvalue weighted by molar-refractivity contribution is -0.136. The van der Waals surface area contributed by atoms with E-state index in [1.165, 1.54) is 17.8 Å². The molecular formula is C31H25Cl2FN4O5S. The molecule has 44 heavy (non-hydrogen) atoms. The monoisotopic (exact) mass is 654 g/mol. The van der Waals surface area contributed by atoms with E-state index in [9.17, 15) is 24.0 Å². The maximum Gasteiger partial charge on any atom is 0.262 e. The number of piperazine rings is 1. The number of rotatable bonds is 6. The molecule has 0 spiro atoms. The van der Waals surface area contributed by atoms with Gasteiger partial charge in [-0.15, -0.1) is 11.8 Å². The molecule has 1 atom stereocenters. The molecule has 13 heteroatoms. The average molecular weight is 656 g/mol. The molecule has 3 aromatic rings. The van der Waals surface area contributed by atoms with E-state index in [2.05, 4.69) is 5.32 Å². The summed E-state index contributed by atoms with van der Waals surface area (Å²) in [7, 11) is 0. The van der Waals surface area contributed by atoms with Crippen molar-refractivity contribution in [2.75, 3.05) is 31.1 Å². The quantitative estimate of drug-likeness (QED) is 0.301. The summed E-state index contributed by atoms with van der Waals surface area (Å²) in [4.78, 5) is 68.4. The molecule has 226 valence electrons. The Balaban J connectivity index is 1.11. The van der Waals surface area contributed by atoms with Gasteiger partial charge >= 0.3 is 0 Å². The highest BCUT2D eigenvalue weighted by Gasteiger charge is 2.45. The Bertz CT molecular complexity index is 1710. The molecule has 2 fully saturated rings. The Morgan fingerprint density at radius 2 is 1.57 bits per heavy atom. The van der Waals surface area contributed by atoms with Gasteiger partial charge in [-0.1, -0.05) is 41.4 Å². The summed E-state index contributed by atoms with van der Waals surface area (Å²) >= 11 is 14.1. The summed E-state index contributed by atoms with van der Waals surface area (Å²) in [6, 6.07) is 13.9. The van der Waals surface area contributed by atoms with Gasteiger partial charge in [0.25, 0.3) is 17.7 Å². The van der Waals surface area contributed by atoms with Gasteiger partial charge in [-0.3, -0.25) is 34.2 Å². The van der Waals surface area contributed by atoms with Crippen molar-refractivity contribution in [2.45, 2.75) is 29.5 Å². The van der Waals surface area contributed by atoms with Crippen LogP contribution in [-0.4, -0.2) is 71.6 Å². The Morgan fingerprint density at radius 3 is 2.25 bits per heavy atom. The third-order valence-electron chi connectivity index (χ3n) is 7.89. The number of thioether (sulfide) groups is 1. The molecule has 0 saturated carbocycles. The molecule has 1 unspecified atom stereocenters. The summed E-state index contributed by atoms with van der Waals surface area (Å²) in [6.45, 7) is 1.25. The molecule has 3 aliphatic rings. The van der Waals surface area contributed by atoms with Crippen LogP contribution < -0.4 is 10.2 Å². The first kappa shape index (κ1) is 30.1. The van der Waals surface area contributed by atoms with Crippen LogP contribution in [-0.2, 0) is 15.3 Å².